The van der Waals surface area contributed by atoms with Crippen LogP contribution < -0.4 is 5.14 Å². The van der Waals surface area contributed by atoms with Gasteiger partial charge in [0.05, 0.1) is 12.4 Å². The fraction of sp³-hybridized carbons (Fsp3) is 1.00. The molecule has 0 heterocycles. The highest BCUT2D eigenvalue weighted by Crippen LogP contribution is 2.15. The zero-order valence-corrected chi connectivity index (χ0v) is 8.63. The van der Waals surface area contributed by atoms with Gasteiger partial charge in [-0.25, -0.2) is 13.6 Å². The summed E-state index contributed by atoms with van der Waals surface area (Å²) >= 11 is 0. The van der Waals surface area contributed by atoms with Gasteiger partial charge in [0, 0.05) is 6.42 Å². The van der Waals surface area contributed by atoms with Crippen LogP contribution in [-0.4, -0.2) is 64.3 Å². The van der Waals surface area contributed by atoms with Crippen LogP contribution in [0.4, 0.5) is 0 Å². The van der Waals surface area contributed by atoms with Gasteiger partial charge in [0.15, 0.2) is 5.79 Å². The molecule has 2 atom stereocenters. The molecule has 7 N–H and O–H groups in total. The first-order chi connectivity index (χ1) is 6.60. The van der Waals surface area contributed by atoms with E-state index < -0.39 is 46.8 Å². The minimum absolute atomic E-state index is 0.769. The lowest BCUT2D eigenvalue weighted by Crippen LogP contribution is -2.51. The molecule has 0 aromatic heterocycles. The van der Waals surface area contributed by atoms with E-state index in [2.05, 4.69) is 5.14 Å². The van der Waals surface area contributed by atoms with Crippen LogP contribution in [0, 0.1) is 0 Å². The maximum absolute atomic E-state index is 10.5. The van der Waals surface area contributed by atoms with E-state index in [0.29, 0.717) is 0 Å². The number of aliphatic hydroxyl groups excluding tert-OH is 3. The average Bonchev–Trinajstić information content (AvgIpc) is 2.11. The summed E-state index contributed by atoms with van der Waals surface area (Å²) in [6.45, 7) is -0.889. The molecule has 0 fully saturated rings. The third-order valence-corrected chi connectivity index (χ3v) is 2.55. The van der Waals surface area contributed by atoms with E-state index in [0.717, 1.165) is 0 Å². The summed E-state index contributed by atoms with van der Waals surface area (Å²) in [4.78, 5) is 0. The van der Waals surface area contributed by atoms with Crippen molar-refractivity contribution < 1.29 is 34.0 Å². The van der Waals surface area contributed by atoms with Crippen LogP contribution in [-0.2, 0) is 10.0 Å². The van der Waals surface area contributed by atoms with Gasteiger partial charge in [0.25, 0.3) is 0 Å². The summed E-state index contributed by atoms with van der Waals surface area (Å²) in [5, 5.41) is 49.3. The predicted octanol–water partition coefficient (Wildman–Crippen LogP) is -3.94. The van der Waals surface area contributed by atoms with Gasteiger partial charge < -0.3 is 25.5 Å². The number of hydrogen-bond donors (Lipinski definition) is 6. The summed E-state index contributed by atoms with van der Waals surface area (Å²) in [6, 6.07) is 0. The van der Waals surface area contributed by atoms with Gasteiger partial charge in [-0.3, -0.25) is 0 Å². The summed E-state index contributed by atoms with van der Waals surface area (Å²) in [5.41, 5.74) is 0. The number of rotatable bonds is 6. The van der Waals surface area contributed by atoms with E-state index in [-0.39, 0.29) is 0 Å². The molecule has 0 rings (SSSR count). The molecule has 0 aromatic carbocycles. The van der Waals surface area contributed by atoms with Gasteiger partial charge >= 0.3 is 0 Å². The van der Waals surface area contributed by atoms with Crippen molar-refractivity contribution in [2.75, 3.05) is 12.4 Å². The van der Waals surface area contributed by atoms with E-state index in [1.807, 2.05) is 0 Å². The number of hydrogen-bond acceptors (Lipinski definition) is 7. The van der Waals surface area contributed by atoms with Crippen molar-refractivity contribution in [3.8, 4) is 0 Å². The molecule has 0 aliphatic rings. The fourth-order valence-corrected chi connectivity index (χ4v) is 1.43. The Kier molecular flexibility index (Phi) is 5.06. The molecule has 8 nitrogen and oxygen atoms in total. The lowest BCUT2D eigenvalue weighted by atomic mass is 10.0. The predicted molar refractivity (Wildman–Crippen MR) is 48.9 cm³/mol. The number of sulfonamides is 1. The molecule has 0 aliphatic heterocycles. The van der Waals surface area contributed by atoms with Crippen molar-refractivity contribution in [2.45, 2.75) is 24.4 Å². The van der Waals surface area contributed by atoms with Crippen molar-refractivity contribution in [1.29, 1.82) is 0 Å². The molecular weight excluding hydrogens is 230 g/mol. The molecule has 0 bridgehead atoms. The summed E-state index contributed by atoms with van der Waals surface area (Å²) in [6.07, 6.45) is -4.63. The Balaban J connectivity index is 4.41. The van der Waals surface area contributed by atoms with E-state index in [9.17, 15) is 8.42 Å². The molecule has 92 valence electrons. The van der Waals surface area contributed by atoms with E-state index in [1.165, 1.54) is 0 Å². The molecule has 0 saturated heterocycles. The zero-order chi connectivity index (χ0) is 12.3. The minimum Gasteiger partial charge on any atom is -0.394 e. The Morgan fingerprint density at radius 2 is 1.73 bits per heavy atom. The lowest BCUT2D eigenvalue weighted by Gasteiger charge is -2.29. The number of aliphatic hydroxyl groups is 5. The zero-order valence-electron chi connectivity index (χ0n) is 7.81. The first-order valence-electron chi connectivity index (χ1n) is 4.02. The van der Waals surface area contributed by atoms with Crippen LogP contribution >= 0.6 is 0 Å². The third-order valence-electron chi connectivity index (χ3n) is 1.78. The normalized spacial score (nSPS) is 17.5. The molecule has 2 unspecified atom stereocenters. The summed E-state index contributed by atoms with van der Waals surface area (Å²) < 4.78 is 21.0. The summed E-state index contributed by atoms with van der Waals surface area (Å²) in [7, 11) is -3.90. The van der Waals surface area contributed by atoms with Crippen LogP contribution in [0.15, 0.2) is 0 Å². The van der Waals surface area contributed by atoms with Crippen LogP contribution in [0.1, 0.15) is 6.42 Å². The first kappa shape index (κ1) is 14.7. The second-order valence-electron chi connectivity index (χ2n) is 3.19. The molecule has 0 saturated carbocycles. The van der Waals surface area contributed by atoms with Gasteiger partial charge in [-0.05, 0) is 0 Å². The average molecular weight is 245 g/mol. The molecule has 0 spiro atoms. The Bertz CT molecular complexity index is 288. The monoisotopic (exact) mass is 245 g/mol. The Morgan fingerprint density at radius 1 is 1.27 bits per heavy atom. The van der Waals surface area contributed by atoms with Gasteiger partial charge in [-0.1, -0.05) is 0 Å². The van der Waals surface area contributed by atoms with Gasteiger partial charge in [0.2, 0.25) is 10.0 Å². The maximum atomic E-state index is 10.5. The molecular formula is C6H15NO7S. The van der Waals surface area contributed by atoms with Crippen molar-refractivity contribution in [1.82, 2.24) is 0 Å². The van der Waals surface area contributed by atoms with Crippen molar-refractivity contribution in [2.24, 2.45) is 5.14 Å². The molecule has 0 aliphatic carbocycles. The smallest absolute Gasteiger partial charge is 0.209 e. The number of primary sulfonamides is 1. The molecule has 0 amide bonds. The largest absolute Gasteiger partial charge is 0.394 e. The minimum atomic E-state index is -3.90. The molecule has 0 radical (unpaired) electrons. The van der Waals surface area contributed by atoms with Gasteiger partial charge in [0.1, 0.15) is 12.2 Å². The van der Waals surface area contributed by atoms with Crippen LogP contribution in [0.5, 0.6) is 0 Å². The standard InChI is InChI=1S/C6H15NO7S/c7-15(13,14)2-1-6(11,12)5(10)4(9)3-8/h4-5,8-12H,1-3H2,(H2,7,13,14). The fourth-order valence-electron chi connectivity index (χ4n) is 0.848. The topological polar surface area (TPSA) is 161 Å². The Hall–Kier alpha value is -0.290. The van der Waals surface area contributed by atoms with E-state index >= 15 is 0 Å². The highest BCUT2D eigenvalue weighted by molar-refractivity contribution is 7.89. The van der Waals surface area contributed by atoms with Crippen molar-refractivity contribution in [3.63, 3.8) is 0 Å². The maximum Gasteiger partial charge on any atom is 0.209 e. The second kappa shape index (κ2) is 5.16. The first-order valence-corrected chi connectivity index (χ1v) is 5.74. The van der Waals surface area contributed by atoms with Gasteiger partial charge in [-0.2, -0.15) is 0 Å². The highest BCUT2D eigenvalue weighted by atomic mass is 32.2. The Morgan fingerprint density at radius 3 is 2.07 bits per heavy atom. The van der Waals surface area contributed by atoms with Crippen molar-refractivity contribution in [3.05, 3.63) is 0 Å². The molecule has 0 aromatic rings. The van der Waals surface area contributed by atoms with E-state index in [1.54, 1.807) is 0 Å². The van der Waals surface area contributed by atoms with Crippen LogP contribution in [0.25, 0.3) is 0 Å². The van der Waals surface area contributed by atoms with Crippen LogP contribution in [0.3, 0.4) is 0 Å². The van der Waals surface area contributed by atoms with Gasteiger partial charge in [-0.15, -0.1) is 0 Å². The number of nitrogens with two attached hydrogens (primary N) is 1. The SMILES string of the molecule is NS(=O)(=O)CCC(O)(O)C(O)C(O)CO. The third kappa shape index (κ3) is 5.37. The summed E-state index contributed by atoms with van der Waals surface area (Å²) in [5.74, 6) is -3.59. The van der Waals surface area contributed by atoms with E-state index in [4.69, 9.17) is 25.5 Å². The second-order valence-corrected chi connectivity index (χ2v) is 4.92. The highest BCUT2D eigenvalue weighted by Gasteiger charge is 2.38. The molecule has 15 heavy (non-hydrogen) atoms. The quantitative estimate of drug-likeness (QED) is 0.260. The van der Waals surface area contributed by atoms with Crippen LogP contribution in [0.2, 0.25) is 0 Å². The Labute approximate surface area is 86.6 Å². The lowest BCUT2D eigenvalue weighted by molar-refractivity contribution is -0.250. The molecule has 9 heteroatoms. The van der Waals surface area contributed by atoms with Crippen molar-refractivity contribution >= 4 is 10.0 Å².